The van der Waals surface area contributed by atoms with Crippen LogP contribution in [0.4, 0.5) is 0 Å². The predicted octanol–water partition coefficient (Wildman–Crippen LogP) is 4.64. The number of ketones is 1. The number of aliphatic hydroxyl groups excluding tert-OH is 1. The summed E-state index contributed by atoms with van der Waals surface area (Å²) in [6, 6.07) is 13.6. The minimum Gasteiger partial charge on any atom is -0.507 e. The largest absolute Gasteiger partial charge is 0.507 e. The summed E-state index contributed by atoms with van der Waals surface area (Å²) in [7, 11) is 0. The van der Waals surface area contributed by atoms with Gasteiger partial charge < -0.3 is 24.4 Å². The quantitative estimate of drug-likeness (QED) is 0.271. The maximum absolute atomic E-state index is 13.2. The SMILES string of the molecule is CCCOc1cccc([C@@H]2/C(=C(\O)c3ccc(OCC)cc3)C(=O)C(=O)N2CCN(CC)CC)c1. The highest BCUT2D eigenvalue weighted by Gasteiger charge is 2.46. The van der Waals surface area contributed by atoms with Crippen LogP contribution in [-0.2, 0) is 9.59 Å². The molecule has 7 heteroatoms. The number of carbonyl (C=O) groups excluding carboxylic acids is 2. The summed E-state index contributed by atoms with van der Waals surface area (Å²) in [5, 5.41) is 11.3. The standard InChI is InChI=1S/C28H36N2O5/c1-5-18-35-23-11-9-10-21(19-23)25-24(26(31)20-12-14-22(15-13-20)34-8-4)27(32)28(33)30(25)17-16-29(6-2)7-3/h9-15,19,25,31H,5-8,16-18H2,1-4H3/b26-24+/t25-/m1/s1. The summed E-state index contributed by atoms with van der Waals surface area (Å²) in [6.45, 7) is 11.8. The second-order valence-electron chi connectivity index (χ2n) is 8.40. The van der Waals surface area contributed by atoms with Crippen LogP contribution in [0.15, 0.2) is 54.1 Å². The number of likely N-dealkylation sites (tertiary alicyclic amines) is 1. The minimum atomic E-state index is -0.706. The molecule has 1 heterocycles. The number of hydrogen-bond donors (Lipinski definition) is 1. The van der Waals surface area contributed by atoms with Gasteiger partial charge in [0.25, 0.3) is 11.7 Å². The average molecular weight is 481 g/mol. The molecule has 0 saturated carbocycles. The van der Waals surface area contributed by atoms with Crippen molar-refractivity contribution in [2.75, 3.05) is 39.4 Å². The minimum absolute atomic E-state index is 0.0892. The van der Waals surface area contributed by atoms with Gasteiger partial charge in [-0.2, -0.15) is 0 Å². The van der Waals surface area contributed by atoms with Crippen LogP contribution >= 0.6 is 0 Å². The lowest BCUT2D eigenvalue weighted by Gasteiger charge is -2.28. The average Bonchev–Trinajstić information content (AvgIpc) is 3.13. The number of rotatable bonds is 12. The third-order valence-corrected chi connectivity index (χ3v) is 6.18. The molecule has 0 bridgehead atoms. The Hall–Kier alpha value is -3.32. The highest BCUT2D eigenvalue weighted by molar-refractivity contribution is 6.46. The first-order valence-electron chi connectivity index (χ1n) is 12.4. The van der Waals surface area contributed by atoms with Crippen molar-refractivity contribution in [3.05, 3.63) is 65.2 Å². The lowest BCUT2D eigenvalue weighted by molar-refractivity contribution is -0.140. The molecule has 1 amide bonds. The van der Waals surface area contributed by atoms with Crippen molar-refractivity contribution < 1.29 is 24.2 Å². The molecule has 3 rings (SSSR count). The molecule has 2 aromatic rings. The fourth-order valence-electron chi connectivity index (χ4n) is 4.27. The molecule has 1 N–H and O–H groups in total. The monoisotopic (exact) mass is 480 g/mol. The van der Waals surface area contributed by atoms with Crippen LogP contribution in [0.25, 0.3) is 5.76 Å². The molecule has 1 atom stereocenters. The molecule has 35 heavy (non-hydrogen) atoms. The Bertz CT molecular complexity index is 1040. The van der Waals surface area contributed by atoms with E-state index in [1.165, 1.54) is 0 Å². The summed E-state index contributed by atoms with van der Waals surface area (Å²) in [6.07, 6.45) is 0.865. The molecular weight excluding hydrogens is 444 g/mol. The van der Waals surface area contributed by atoms with Gasteiger partial charge in [-0.25, -0.2) is 0 Å². The van der Waals surface area contributed by atoms with E-state index in [9.17, 15) is 14.7 Å². The fourth-order valence-corrected chi connectivity index (χ4v) is 4.27. The highest BCUT2D eigenvalue weighted by Crippen LogP contribution is 2.40. The van der Waals surface area contributed by atoms with E-state index in [4.69, 9.17) is 9.47 Å². The number of Topliss-reactive ketones (excluding diaryl/α,β-unsaturated/α-hetero) is 1. The summed E-state index contributed by atoms with van der Waals surface area (Å²) < 4.78 is 11.3. The summed E-state index contributed by atoms with van der Waals surface area (Å²) in [5.41, 5.74) is 1.27. The molecule has 2 aromatic carbocycles. The van der Waals surface area contributed by atoms with Crippen molar-refractivity contribution in [1.82, 2.24) is 9.80 Å². The third-order valence-electron chi connectivity index (χ3n) is 6.18. The topological polar surface area (TPSA) is 79.3 Å². The molecule has 0 unspecified atom stereocenters. The zero-order chi connectivity index (χ0) is 25.4. The summed E-state index contributed by atoms with van der Waals surface area (Å²) in [5.74, 6) is -0.141. The van der Waals surface area contributed by atoms with E-state index in [-0.39, 0.29) is 11.3 Å². The third kappa shape index (κ3) is 6.03. The first kappa shape index (κ1) is 26.3. The number of ether oxygens (including phenoxy) is 2. The van der Waals surface area contributed by atoms with E-state index in [2.05, 4.69) is 18.7 Å². The molecule has 1 fully saturated rings. The van der Waals surface area contributed by atoms with Crippen LogP contribution < -0.4 is 9.47 Å². The molecule has 1 aliphatic heterocycles. The van der Waals surface area contributed by atoms with Gasteiger partial charge in [0.05, 0.1) is 24.8 Å². The molecule has 7 nitrogen and oxygen atoms in total. The van der Waals surface area contributed by atoms with Gasteiger partial charge in [0.2, 0.25) is 0 Å². The number of likely N-dealkylation sites (N-methyl/N-ethyl adjacent to an activating group) is 1. The fraction of sp³-hybridized carbons (Fsp3) is 0.429. The number of nitrogens with zero attached hydrogens (tertiary/aromatic N) is 2. The molecular formula is C28H36N2O5. The number of amides is 1. The first-order chi connectivity index (χ1) is 16.9. The Balaban J connectivity index is 2.07. The van der Waals surface area contributed by atoms with Gasteiger partial charge in [-0.05, 0) is 68.4 Å². The van der Waals surface area contributed by atoms with Crippen molar-refractivity contribution in [3.8, 4) is 11.5 Å². The number of carbonyl (C=O) groups is 2. The summed E-state index contributed by atoms with van der Waals surface area (Å²) in [4.78, 5) is 30.2. The van der Waals surface area contributed by atoms with Crippen LogP contribution in [0.1, 0.15) is 51.3 Å². The Morgan fingerprint density at radius 3 is 2.31 bits per heavy atom. The maximum Gasteiger partial charge on any atom is 0.295 e. The highest BCUT2D eigenvalue weighted by atomic mass is 16.5. The van der Waals surface area contributed by atoms with Gasteiger partial charge in [0.1, 0.15) is 17.3 Å². The Morgan fingerprint density at radius 2 is 1.69 bits per heavy atom. The lowest BCUT2D eigenvalue weighted by Crippen LogP contribution is -2.38. The number of benzene rings is 2. The van der Waals surface area contributed by atoms with Crippen LogP contribution in [0.2, 0.25) is 0 Å². The van der Waals surface area contributed by atoms with Crippen LogP contribution in [0.5, 0.6) is 11.5 Å². The van der Waals surface area contributed by atoms with E-state index < -0.39 is 17.7 Å². The lowest BCUT2D eigenvalue weighted by atomic mass is 9.95. The Kier molecular flexibility index (Phi) is 9.32. The smallest absolute Gasteiger partial charge is 0.295 e. The summed E-state index contributed by atoms with van der Waals surface area (Å²) >= 11 is 0. The van der Waals surface area contributed by atoms with Gasteiger partial charge >= 0.3 is 0 Å². The van der Waals surface area contributed by atoms with Crippen molar-refractivity contribution in [2.45, 2.75) is 40.2 Å². The van der Waals surface area contributed by atoms with Crippen LogP contribution in [0.3, 0.4) is 0 Å². The van der Waals surface area contributed by atoms with Crippen molar-refractivity contribution in [2.24, 2.45) is 0 Å². The Morgan fingerprint density at radius 1 is 0.971 bits per heavy atom. The van der Waals surface area contributed by atoms with Gasteiger partial charge in [0.15, 0.2) is 0 Å². The molecule has 1 saturated heterocycles. The van der Waals surface area contributed by atoms with Gasteiger partial charge in [-0.15, -0.1) is 0 Å². The van der Waals surface area contributed by atoms with Gasteiger partial charge in [-0.1, -0.05) is 32.9 Å². The van der Waals surface area contributed by atoms with Crippen molar-refractivity contribution >= 4 is 17.4 Å². The second kappa shape index (κ2) is 12.4. The zero-order valence-electron chi connectivity index (χ0n) is 21.1. The van der Waals surface area contributed by atoms with E-state index in [0.717, 1.165) is 25.1 Å². The predicted molar refractivity (Wildman–Crippen MR) is 137 cm³/mol. The number of aliphatic hydroxyl groups is 1. The van der Waals surface area contributed by atoms with E-state index in [0.29, 0.717) is 43.4 Å². The normalized spacial score (nSPS) is 17.3. The second-order valence-corrected chi connectivity index (χ2v) is 8.40. The maximum atomic E-state index is 13.2. The van der Waals surface area contributed by atoms with Crippen LogP contribution in [0, 0.1) is 0 Å². The van der Waals surface area contributed by atoms with Crippen molar-refractivity contribution in [1.29, 1.82) is 0 Å². The Labute approximate surface area is 207 Å². The molecule has 1 aliphatic rings. The van der Waals surface area contributed by atoms with Crippen molar-refractivity contribution in [3.63, 3.8) is 0 Å². The zero-order valence-corrected chi connectivity index (χ0v) is 21.1. The van der Waals surface area contributed by atoms with E-state index in [1.807, 2.05) is 38.1 Å². The van der Waals surface area contributed by atoms with Gasteiger partial charge in [-0.3, -0.25) is 9.59 Å². The van der Waals surface area contributed by atoms with Gasteiger partial charge in [0, 0.05) is 18.7 Å². The van der Waals surface area contributed by atoms with E-state index in [1.54, 1.807) is 29.2 Å². The van der Waals surface area contributed by atoms with Crippen LogP contribution in [-0.4, -0.2) is 66.0 Å². The first-order valence-corrected chi connectivity index (χ1v) is 12.4. The molecule has 0 aliphatic carbocycles. The molecule has 0 radical (unpaired) electrons. The van der Waals surface area contributed by atoms with E-state index >= 15 is 0 Å². The number of hydrogen-bond acceptors (Lipinski definition) is 6. The molecule has 188 valence electrons. The molecule has 0 spiro atoms. The molecule has 0 aromatic heterocycles.